The predicted molar refractivity (Wildman–Crippen MR) is 201 cm³/mol. The maximum Gasteiger partial charge on any atom is 0.291 e. The second-order valence-corrected chi connectivity index (χ2v) is 12.7. The van der Waals surface area contributed by atoms with Gasteiger partial charge >= 0.3 is 0 Å². The summed E-state index contributed by atoms with van der Waals surface area (Å²) in [5.41, 5.74) is 21.4. The molecule has 15 nitrogen and oxygen atoms in total. The fourth-order valence-electron chi connectivity index (χ4n) is 5.94. The number of H-pyrrole nitrogens is 1. The summed E-state index contributed by atoms with van der Waals surface area (Å²) >= 11 is 0. The minimum absolute atomic E-state index is 0. The van der Waals surface area contributed by atoms with E-state index in [9.17, 15) is 24.0 Å². The smallest absolute Gasteiger partial charge is 0.291 e. The Morgan fingerprint density at radius 1 is 0.868 bits per heavy atom. The molecule has 0 radical (unpaired) electrons. The van der Waals surface area contributed by atoms with Gasteiger partial charge in [-0.2, -0.15) is 0 Å². The van der Waals surface area contributed by atoms with E-state index in [-0.39, 0.29) is 61.3 Å². The van der Waals surface area contributed by atoms with Crippen LogP contribution in [0.2, 0.25) is 0 Å². The van der Waals surface area contributed by atoms with Gasteiger partial charge in [-0.25, -0.2) is 4.98 Å². The van der Waals surface area contributed by atoms with Gasteiger partial charge in [0.05, 0.1) is 5.69 Å². The normalized spacial score (nSPS) is 16.4. The first-order valence-corrected chi connectivity index (χ1v) is 16.9. The van der Waals surface area contributed by atoms with Gasteiger partial charge in [-0.15, -0.1) is 17.5 Å². The largest absolute Gasteiger partial charge is 0.489 e. The molecule has 2 aliphatic rings. The molecule has 0 saturated carbocycles. The van der Waals surface area contributed by atoms with Crippen LogP contribution in [0.15, 0.2) is 66.7 Å². The monoisotopic (exact) mass is 745 g/mol. The maximum absolute atomic E-state index is 13.1. The molecular weight excluding hydrogens is 702 g/mol. The molecule has 1 aromatic heterocycles. The number of aryl methyl sites for hydroxylation is 3. The Hall–Kier alpha value is -5.80. The first-order valence-electron chi connectivity index (χ1n) is 16.9. The van der Waals surface area contributed by atoms with Crippen LogP contribution < -0.4 is 37.1 Å². The van der Waals surface area contributed by atoms with Crippen molar-refractivity contribution in [2.75, 3.05) is 30.5 Å². The number of nitrogens with zero attached hydrogens (tertiary/aromatic N) is 4. The standard InChI is InChI=1S/C24H26N6O3.C13H17N3O3.ClH/c1-30-19-13-16(8-12-20(25)31)7-9-17(19)10-11-18(24(30)33)26-23(32)22-27-21(28-29-22)14-15-5-3-2-4-6-15;1-16-10-6-8(3-5-12(15)17)2-4-11(10)19-7-9(14)13(16)18;/h2-7,9,13,18H,8,10-12,14H2,1H3,(H2,25,31)(H,26,32)(H,27,28,29);2,4,6,9H,3,5,7,14H2,1H3,(H2,15,17);1H. The predicted octanol–water partition coefficient (Wildman–Crippen LogP) is 1.73. The second-order valence-electron chi connectivity index (χ2n) is 12.7. The molecule has 0 fully saturated rings. The van der Waals surface area contributed by atoms with Crippen LogP contribution in [0.3, 0.4) is 0 Å². The summed E-state index contributed by atoms with van der Waals surface area (Å²) in [5, 5.41) is 9.60. The van der Waals surface area contributed by atoms with E-state index < -0.39 is 18.0 Å². The zero-order chi connectivity index (χ0) is 37.4. The molecule has 6 rings (SSSR count). The summed E-state index contributed by atoms with van der Waals surface area (Å²) in [6, 6.07) is 19.7. The van der Waals surface area contributed by atoms with E-state index in [1.54, 1.807) is 25.1 Å². The molecule has 5 amide bonds. The van der Waals surface area contributed by atoms with Crippen molar-refractivity contribution in [2.24, 2.45) is 17.2 Å². The molecular formula is C37H44ClN9O6. The minimum atomic E-state index is -0.694. The summed E-state index contributed by atoms with van der Waals surface area (Å²) in [6.45, 7) is 0.163. The number of ether oxygens (including phenoxy) is 1. The number of likely N-dealkylation sites (N-methyl/N-ethyl adjacent to an activating group) is 2. The van der Waals surface area contributed by atoms with Crippen molar-refractivity contribution in [2.45, 2.75) is 57.0 Å². The number of carbonyl (C=O) groups excluding carboxylic acids is 5. The first kappa shape index (κ1) is 40.0. The van der Waals surface area contributed by atoms with Crippen LogP contribution in [0.4, 0.5) is 11.4 Å². The van der Waals surface area contributed by atoms with Gasteiger partial charge < -0.3 is 37.1 Å². The number of amides is 5. The van der Waals surface area contributed by atoms with Crippen molar-refractivity contribution in [3.05, 3.63) is 101 Å². The number of rotatable bonds is 10. The molecule has 16 heteroatoms. The molecule has 4 aromatic rings. The zero-order valence-electron chi connectivity index (χ0n) is 29.5. The number of aromatic amines is 1. The molecule has 0 aliphatic carbocycles. The Balaban J connectivity index is 0.000000267. The highest BCUT2D eigenvalue weighted by molar-refractivity contribution is 6.02. The number of anilines is 2. The van der Waals surface area contributed by atoms with Gasteiger partial charge in [-0.3, -0.25) is 29.1 Å². The van der Waals surface area contributed by atoms with Crippen molar-refractivity contribution in [3.63, 3.8) is 0 Å². The van der Waals surface area contributed by atoms with Crippen molar-refractivity contribution in [1.82, 2.24) is 20.5 Å². The third-order valence-electron chi connectivity index (χ3n) is 8.87. The van der Waals surface area contributed by atoms with Crippen LogP contribution in [-0.2, 0) is 44.9 Å². The van der Waals surface area contributed by atoms with Gasteiger partial charge in [0.25, 0.3) is 5.91 Å². The van der Waals surface area contributed by atoms with Crippen LogP contribution in [0.1, 0.15) is 58.0 Å². The molecule has 53 heavy (non-hydrogen) atoms. The third kappa shape index (κ3) is 10.4. The summed E-state index contributed by atoms with van der Waals surface area (Å²) in [6.07, 6.45) is 3.19. The van der Waals surface area contributed by atoms with Crippen LogP contribution in [0.5, 0.6) is 5.75 Å². The fraction of sp³-hybridized carbons (Fsp3) is 0.324. The van der Waals surface area contributed by atoms with Gasteiger partial charge in [0, 0.05) is 39.0 Å². The van der Waals surface area contributed by atoms with E-state index in [1.165, 1.54) is 4.90 Å². The van der Waals surface area contributed by atoms with Crippen LogP contribution in [-0.4, -0.2) is 77.5 Å². The highest BCUT2D eigenvalue weighted by atomic mass is 35.5. The number of nitrogens with one attached hydrogen (secondary N) is 2. The van der Waals surface area contributed by atoms with Crippen LogP contribution in [0, 0.1) is 0 Å². The molecule has 2 atom stereocenters. The van der Waals surface area contributed by atoms with Gasteiger partial charge in [0.15, 0.2) is 0 Å². The first-order chi connectivity index (χ1) is 24.9. The minimum Gasteiger partial charge on any atom is -0.489 e. The lowest BCUT2D eigenvalue weighted by Crippen LogP contribution is -2.47. The number of halogens is 1. The van der Waals surface area contributed by atoms with Gasteiger partial charge in [0.2, 0.25) is 29.5 Å². The Kier molecular flexibility index (Phi) is 13.7. The molecule has 3 heterocycles. The lowest BCUT2D eigenvalue weighted by Gasteiger charge is -2.22. The van der Waals surface area contributed by atoms with Crippen LogP contribution >= 0.6 is 12.4 Å². The van der Waals surface area contributed by atoms with Crippen molar-refractivity contribution >= 4 is 53.3 Å². The number of fused-ring (bicyclic) bond motifs is 2. The lowest BCUT2D eigenvalue weighted by atomic mass is 10.0. The van der Waals surface area contributed by atoms with E-state index in [0.29, 0.717) is 49.4 Å². The summed E-state index contributed by atoms with van der Waals surface area (Å²) in [4.78, 5) is 67.0. The number of nitrogens with two attached hydrogens (primary N) is 3. The van der Waals surface area contributed by atoms with Gasteiger partial charge in [0.1, 0.15) is 30.3 Å². The number of hydrogen-bond donors (Lipinski definition) is 5. The number of benzene rings is 3. The highest BCUT2D eigenvalue weighted by Crippen LogP contribution is 2.32. The molecule has 2 aliphatic heterocycles. The Bertz CT molecular complexity index is 1950. The Morgan fingerprint density at radius 3 is 2.15 bits per heavy atom. The average molecular weight is 746 g/mol. The Labute approximate surface area is 313 Å². The second kappa shape index (κ2) is 18.1. The number of carbonyl (C=O) groups is 5. The molecule has 280 valence electrons. The summed E-state index contributed by atoms with van der Waals surface area (Å²) < 4.78 is 5.50. The molecule has 0 saturated heterocycles. The van der Waals surface area contributed by atoms with Crippen molar-refractivity contribution < 1.29 is 28.7 Å². The Morgan fingerprint density at radius 2 is 1.49 bits per heavy atom. The van der Waals surface area contributed by atoms with E-state index in [1.807, 2.05) is 60.7 Å². The summed E-state index contributed by atoms with van der Waals surface area (Å²) in [5.74, 6) is -0.413. The molecule has 0 spiro atoms. The van der Waals surface area contributed by atoms with E-state index in [0.717, 1.165) is 27.9 Å². The van der Waals surface area contributed by atoms with E-state index >= 15 is 0 Å². The number of hydrogen-bond acceptors (Lipinski definition) is 9. The molecule has 2 unspecified atom stereocenters. The van der Waals surface area contributed by atoms with Gasteiger partial charge in [-0.1, -0.05) is 48.5 Å². The zero-order valence-corrected chi connectivity index (χ0v) is 30.4. The molecule has 8 N–H and O–H groups in total. The quantitative estimate of drug-likeness (QED) is 0.159. The van der Waals surface area contributed by atoms with Crippen LogP contribution in [0.25, 0.3) is 0 Å². The number of aromatic nitrogens is 3. The highest BCUT2D eigenvalue weighted by Gasteiger charge is 2.31. The maximum atomic E-state index is 13.1. The van der Waals surface area contributed by atoms with Crippen molar-refractivity contribution in [1.29, 1.82) is 0 Å². The molecule has 3 aromatic carbocycles. The topological polar surface area (TPSA) is 233 Å². The van der Waals surface area contributed by atoms with Gasteiger partial charge in [-0.05, 0) is 66.1 Å². The lowest BCUT2D eigenvalue weighted by molar-refractivity contribution is -0.120. The third-order valence-corrected chi connectivity index (χ3v) is 8.87. The van der Waals surface area contributed by atoms with Crippen molar-refractivity contribution in [3.8, 4) is 5.75 Å². The SMILES string of the molecule is CN1C(=O)C(N)COc2ccc(CCC(N)=O)cc21.CN1C(=O)C(NC(=O)c2n[nH]c(Cc3ccccc3)n2)CCc2ccc(CCC(N)=O)cc21.Cl. The average Bonchev–Trinajstić information content (AvgIpc) is 3.54. The fourth-order valence-corrected chi connectivity index (χ4v) is 5.94. The molecule has 0 bridgehead atoms. The van der Waals surface area contributed by atoms with E-state index in [4.69, 9.17) is 21.9 Å². The summed E-state index contributed by atoms with van der Waals surface area (Å²) in [7, 11) is 3.35. The van der Waals surface area contributed by atoms with E-state index in [2.05, 4.69) is 20.5 Å². The number of primary amides is 2.